The second-order valence-electron chi connectivity index (χ2n) is 5.81. The standard InChI is InChI=1S/C19H24N2O2/c1-14(13-20)11-17-15(2)7-9-21(17)10-8-16-5-6-18(22-3)19(12-16)23-4/h5-7,9,12,14H,8,10-11H2,1-4H3. The van der Waals surface area contributed by atoms with E-state index in [-0.39, 0.29) is 5.92 Å². The first-order valence-corrected chi connectivity index (χ1v) is 7.84. The van der Waals surface area contributed by atoms with E-state index in [1.165, 1.54) is 16.8 Å². The van der Waals surface area contributed by atoms with Crippen molar-refractivity contribution >= 4 is 0 Å². The summed E-state index contributed by atoms with van der Waals surface area (Å²) in [6.45, 7) is 4.95. The number of hydrogen-bond acceptors (Lipinski definition) is 3. The highest BCUT2D eigenvalue weighted by Gasteiger charge is 2.11. The highest BCUT2D eigenvalue weighted by molar-refractivity contribution is 5.42. The molecule has 0 radical (unpaired) electrons. The Morgan fingerprint density at radius 3 is 2.57 bits per heavy atom. The molecule has 1 atom stereocenters. The summed E-state index contributed by atoms with van der Waals surface area (Å²) in [5.41, 5.74) is 3.70. The van der Waals surface area contributed by atoms with Crippen LogP contribution in [0.3, 0.4) is 0 Å². The third kappa shape index (κ3) is 4.07. The van der Waals surface area contributed by atoms with Gasteiger partial charge in [0.15, 0.2) is 11.5 Å². The van der Waals surface area contributed by atoms with Crippen molar-refractivity contribution in [2.75, 3.05) is 14.2 Å². The van der Waals surface area contributed by atoms with Crippen LogP contribution < -0.4 is 9.47 Å². The summed E-state index contributed by atoms with van der Waals surface area (Å²) >= 11 is 0. The molecule has 4 heteroatoms. The summed E-state index contributed by atoms with van der Waals surface area (Å²) in [6, 6.07) is 10.5. The third-order valence-electron chi connectivity index (χ3n) is 4.12. The second-order valence-corrected chi connectivity index (χ2v) is 5.81. The van der Waals surface area contributed by atoms with Crippen LogP contribution in [0.1, 0.15) is 23.7 Å². The molecular weight excluding hydrogens is 288 g/mol. The van der Waals surface area contributed by atoms with Gasteiger partial charge in [0, 0.05) is 30.8 Å². The fraction of sp³-hybridized carbons (Fsp3) is 0.421. The number of aryl methyl sites for hydroxylation is 3. The van der Waals surface area contributed by atoms with Gasteiger partial charge in [0.2, 0.25) is 0 Å². The predicted molar refractivity (Wildman–Crippen MR) is 90.9 cm³/mol. The molecule has 4 nitrogen and oxygen atoms in total. The molecule has 23 heavy (non-hydrogen) atoms. The lowest BCUT2D eigenvalue weighted by Gasteiger charge is -2.13. The van der Waals surface area contributed by atoms with E-state index in [0.717, 1.165) is 30.9 Å². The molecule has 0 saturated heterocycles. The molecule has 0 bridgehead atoms. The molecule has 0 fully saturated rings. The molecule has 0 saturated carbocycles. The van der Waals surface area contributed by atoms with E-state index in [2.05, 4.69) is 35.9 Å². The zero-order valence-corrected chi connectivity index (χ0v) is 14.3. The van der Waals surface area contributed by atoms with Gasteiger partial charge in [0.05, 0.1) is 20.3 Å². The van der Waals surface area contributed by atoms with Crippen molar-refractivity contribution in [3.63, 3.8) is 0 Å². The summed E-state index contributed by atoms with van der Waals surface area (Å²) in [5.74, 6) is 1.53. The Kier molecular flexibility index (Phi) is 5.70. The van der Waals surface area contributed by atoms with Crippen LogP contribution in [0.2, 0.25) is 0 Å². The van der Waals surface area contributed by atoms with Crippen LogP contribution in [0.4, 0.5) is 0 Å². The zero-order chi connectivity index (χ0) is 16.8. The molecule has 0 aliphatic heterocycles. The number of methoxy groups -OCH3 is 2. The number of rotatable bonds is 7. The SMILES string of the molecule is COc1ccc(CCn2ccc(C)c2CC(C)C#N)cc1OC. The van der Waals surface area contributed by atoms with Crippen molar-refractivity contribution in [3.05, 3.63) is 47.3 Å². The van der Waals surface area contributed by atoms with Gasteiger partial charge in [0.1, 0.15) is 0 Å². The maximum atomic E-state index is 9.05. The van der Waals surface area contributed by atoms with Gasteiger partial charge < -0.3 is 14.0 Å². The van der Waals surface area contributed by atoms with Crippen LogP contribution in [0.15, 0.2) is 30.5 Å². The van der Waals surface area contributed by atoms with Crippen LogP contribution in [-0.2, 0) is 19.4 Å². The predicted octanol–water partition coefficient (Wildman–Crippen LogP) is 3.76. The minimum atomic E-state index is 0.0310. The van der Waals surface area contributed by atoms with E-state index >= 15 is 0 Å². The number of nitrogens with zero attached hydrogens (tertiary/aromatic N) is 2. The summed E-state index contributed by atoms with van der Waals surface area (Å²) < 4.78 is 12.9. The molecule has 2 aromatic rings. The first-order chi connectivity index (χ1) is 11.1. The highest BCUT2D eigenvalue weighted by atomic mass is 16.5. The Hall–Kier alpha value is -2.41. The summed E-state index contributed by atoms with van der Waals surface area (Å²) in [6.07, 6.45) is 3.80. The van der Waals surface area contributed by atoms with Crippen LogP contribution in [-0.4, -0.2) is 18.8 Å². The fourth-order valence-electron chi connectivity index (χ4n) is 2.72. The van der Waals surface area contributed by atoms with E-state index in [0.29, 0.717) is 0 Å². The number of nitriles is 1. The van der Waals surface area contributed by atoms with Crippen molar-refractivity contribution in [1.82, 2.24) is 4.57 Å². The van der Waals surface area contributed by atoms with Crippen molar-refractivity contribution in [1.29, 1.82) is 5.26 Å². The van der Waals surface area contributed by atoms with E-state index in [9.17, 15) is 0 Å². The zero-order valence-electron chi connectivity index (χ0n) is 14.3. The van der Waals surface area contributed by atoms with Crippen LogP contribution in [0.25, 0.3) is 0 Å². The van der Waals surface area contributed by atoms with E-state index in [1.54, 1.807) is 14.2 Å². The average molecular weight is 312 g/mol. The second kappa shape index (κ2) is 7.73. The maximum absolute atomic E-state index is 9.05. The van der Waals surface area contributed by atoms with Crippen molar-refractivity contribution in [3.8, 4) is 17.6 Å². The molecule has 1 aromatic heterocycles. The maximum Gasteiger partial charge on any atom is 0.160 e. The molecule has 0 N–H and O–H groups in total. The normalized spacial score (nSPS) is 11.8. The van der Waals surface area contributed by atoms with Crippen molar-refractivity contribution in [2.45, 2.75) is 33.2 Å². The van der Waals surface area contributed by atoms with Gasteiger partial charge in [-0.15, -0.1) is 0 Å². The molecule has 0 amide bonds. The smallest absolute Gasteiger partial charge is 0.160 e. The minimum Gasteiger partial charge on any atom is -0.493 e. The van der Waals surface area contributed by atoms with Gasteiger partial charge >= 0.3 is 0 Å². The first-order valence-electron chi connectivity index (χ1n) is 7.84. The summed E-state index contributed by atoms with van der Waals surface area (Å²) in [4.78, 5) is 0. The topological polar surface area (TPSA) is 47.2 Å². The van der Waals surface area contributed by atoms with Gasteiger partial charge in [-0.2, -0.15) is 5.26 Å². The molecule has 1 heterocycles. The average Bonchev–Trinajstić information content (AvgIpc) is 2.92. The Balaban J connectivity index is 2.11. The summed E-state index contributed by atoms with van der Waals surface area (Å²) in [7, 11) is 3.29. The fourth-order valence-corrected chi connectivity index (χ4v) is 2.72. The molecule has 0 aliphatic rings. The van der Waals surface area contributed by atoms with E-state index < -0.39 is 0 Å². The lowest BCUT2D eigenvalue weighted by molar-refractivity contribution is 0.354. The number of hydrogen-bond donors (Lipinski definition) is 0. The third-order valence-corrected chi connectivity index (χ3v) is 4.12. The number of benzene rings is 1. The van der Waals surface area contributed by atoms with Crippen LogP contribution in [0.5, 0.6) is 11.5 Å². The van der Waals surface area contributed by atoms with Gasteiger partial charge in [-0.3, -0.25) is 0 Å². The van der Waals surface area contributed by atoms with Crippen LogP contribution in [0, 0.1) is 24.2 Å². The Labute approximate surface area is 138 Å². The van der Waals surface area contributed by atoms with Gasteiger partial charge in [-0.25, -0.2) is 0 Å². The molecule has 1 aromatic carbocycles. The molecule has 2 rings (SSSR count). The van der Waals surface area contributed by atoms with Gasteiger partial charge in [-0.1, -0.05) is 6.07 Å². The Morgan fingerprint density at radius 1 is 1.17 bits per heavy atom. The molecule has 0 aliphatic carbocycles. The monoisotopic (exact) mass is 312 g/mol. The van der Waals surface area contributed by atoms with Gasteiger partial charge in [0.25, 0.3) is 0 Å². The number of aromatic nitrogens is 1. The number of ether oxygens (including phenoxy) is 2. The Bertz CT molecular complexity index is 698. The molecular formula is C19H24N2O2. The van der Waals surface area contributed by atoms with E-state index in [1.807, 2.05) is 19.1 Å². The van der Waals surface area contributed by atoms with Gasteiger partial charge in [-0.05, 0) is 49.6 Å². The van der Waals surface area contributed by atoms with E-state index in [4.69, 9.17) is 14.7 Å². The quantitative estimate of drug-likeness (QED) is 0.782. The lowest BCUT2D eigenvalue weighted by Crippen LogP contribution is -2.09. The molecule has 122 valence electrons. The lowest BCUT2D eigenvalue weighted by atomic mass is 10.0. The van der Waals surface area contributed by atoms with Crippen molar-refractivity contribution in [2.24, 2.45) is 5.92 Å². The first kappa shape index (κ1) is 17.0. The molecule has 1 unspecified atom stereocenters. The van der Waals surface area contributed by atoms with Crippen LogP contribution >= 0.6 is 0 Å². The summed E-state index contributed by atoms with van der Waals surface area (Å²) in [5, 5.41) is 9.05. The minimum absolute atomic E-state index is 0.0310. The molecule has 0 spiro atoms. The Morgan fingerprint density at radius 2 is 1.91 bits per heavy atom. The largest absolute Gasteiger partial charge is 0.493 e. The van der Waals surface area contributed by atoms with Crippen molar-refractivity contribution < 1.29 is 9.47 Å². The highest BCUT2D eigenvalue weighted by Crippen LogP contribution is 2.28.